The zero-order chi connectivity index (χ0) is 23.8. The number of nitrogens with two attached hydrogens (primary N) is 1. The Morgan fingerprint density at radius 2 is 1.85 bits per heavy atom. The Morgan fingerprint density at radius 3 is 2.55 bits per heavy atom. The summed E-state index contributed by atoms with van der Waals surface area (Å²) in [6.07, 6.45) is 5.27. The Bertz CT molecular complexity index is 1190. The second kappa shape index (κ2) is 10.7. The van der Waals surface area contributed by atoms with Gasteiger partial charge in [0, 0.05) is 35.7 Å². The van der Waals surface area contributed by atoms with Crippen molar-refractivity contribution in [3.05, 3.63) is 65.9 Å². The summed E-state index contributed by atoms with van der Waals surface area (Å²) >= 11 is 0. The van der Waals surface area contributed by atoms with Gasteiger partial charge in [0.1, 0.15) is 11.6 Å². The topological polar surface area (TPSA) is 125 Å². The van der Waals surface area contributed by atoms with Gasteiger partial charge in [-0.15, -0.1) is 0 Å². The zero-order valence-electron chi connectivity index (χ0n) is 18.4. The number of ether oxygens (including phenoxy) is 3. The van der Waals surface area contributed by atoms with Gasteiger partial charge in [-0.3, -0.25) is 9.59 Å². The number of carbonyl (C=O) groups is 2. The van der Waals surface area contributed by atoms with Gasteiger partial charge in [0.15, 0.2) is 17.8 Å². The van der Waals surface area contributed by atoms with Gasteiger partial charge in [-0.2, -0.15) is 0 Å². The van der Waals surface area contributed by atoms with Gasteiger partial charge in [0.2, 0.25) is 5.91 Å². The van der Waals surface area contributed by atoms with Gasteiger partial charge >= 0.3 is 0 Å². The van der Waals surface area contributed by atoms with Crippen LogP contribution in [0, 0.1) is 0 Å². The lowest BCUT2D eigenvalue weighted by Gasteiger charge is -2.14. The van der Waals surface area contributed by atoms with Gasteiger partial charge in [-0.1, -0.05) is 0 Å². The number of methoxy groups -OCH3 is 3. The fourth-order valence-corrected chi connectivity index (χ4v) is 3.06. The summed E-state index contributed by atoms with van der Waals surface area (Å²) in [5.74, 6) is 1.41. The molecule has 4 N–H and O–H groups in total. The molecule has 0 fully saturated rings. The van der Waals surface area contributed by atoms with E-state index < -0.39 is 0 Å². The molecule has 0 atom stereocenters. The fourth-order valence-electron chi connectivity index (χ4n) is 3.06. The lowest BCUT2D eigenvalue weighted by Crippen LogP contribution is -2.10. The van der Waals surface area contributed by atoms with Gasteiger partial charge < -0.3 is 30.6 Å². The number of aromatic nitrogens is 1. The monoisotopic (exact) mass is 448 g/mol. The Kier molecular flexibility index (Phi) is 7.48. The Labute approximate surface area is 191 Å². The molecule has 1 amide bonds. The molecular formula is C24H24N4O5. The molecule has 0 aliphatic carbocycles. The minimum atomic E-state index is -0.376. The van der Waals surface area contributed by atoms with Gasteiger partial charge in [0.25, 0.3) is 0 Å². The average Bonchev–Trinajstić information content (AvgIpc) is 2.84. The molecule has 0 spiro atoms. The van der Waals surface area contributed by atoms with E-state index in [0.29, 0.717) is 57.5 Å². The molecule has 0 aliphatic rings. The van der Waals surface area contributed by atoms with E-state index in [9.17, 15) is 9.59 Å². The number of hydrogen-bond acceptors (Lipinski definition) is 8. The second-order valence-electron chi connectivity index (χ2n) is 6.76. The predicted octanol–water partition coefficient (Wildman–Crippen LogP) is 3.90. The van der Waals surface area contributed by atoms with E-state index in [0.717, 1.165) is 0 Å². The summed E-state index contributed by atoms with van der Waals surface area (Å²) in [7, 11) is 4.48. The minimum Gasteiger partial charge on any atom is -0.497 e. The number of nitrogen functional groups attached to an aromatic ring is 1. The van der Waals surface area contributed by atoms with E-state index in [-0.39, 0.29) is 5.91 Å². The molecule has 0 bridgehead atoms. The van der Waals surface area contributed by atoms with Crippen molar-refractivity contribution in [3.8, 4) is 17.2 Å². The van der Waals surface area contributed by atoms with E-state index in [1.54, 1.807) is 54.7 Å². The predicted molar refractivity (Wildman–Crippen MR) is 128 cm³/mol. The first-order chi connectivity index (χ1) is 16.0. The smallest absolute Gasteiger partial charge is 0.248 e. The van der Waals surface area contributed by atoms with Crippen LogP contribution in [0.3, 0.4) is 0 Å². The average molecular weight is 448 g/mol. The normalized spacial score (nSPS) is 10.5. The number of hydrogen-bond donors (Lipinski definition) is 3. The van der Waals surface area contributed by atoms with Crippen LogP contribution < -0.4 is 30.6 Å². The third-order valence-corrected chi connectivity index (χ3v) is 4.67. The molecule has 9 nitrogen and oxygen atoms in total. The van der Waals surface area contributed by atoms with Crippen molar-refractivity contribution in [1.82, 2.24) is 4.98 Å². The quantitative estimate of drug-likeness (QED) is 0.256. The Balaban J connectivity index is 1.82. The molecule has 1 heterocycles. The molecule has 0 radical (unpaired) electrons. The Morgan fingerprint density at radius 1 is 1.03 bits per heavy atom. The summed E-state index contributed by atoms with van der Waals surface area (Å²) in [5, 5.41) is 5.87. The summed E-state index contributed by atoms with van der Waals surface area (Å²) < 4.78 is 15.7. The SMILES string of the molecule is COc1ccc(N)c(NC(=O)/C=C/c2cccnc2Nc2cc(C=O)c(OC)c(OC)c2)c1. The largest absolute Gasteiger partial charge is 0.497 e. The van der Waals surface area contributed by atoms with Crippen LogP contribution in [0.15, 0.2) is 54.7 Å². The first kappa shape index (κ1) is 23.1. The maximum absolute atomic E-state index is 12.4. The van der Waals surface area contributed by atoms with E-state index in [1.807, 2.05) is 0 Å². The highest BCUT2D eigenvalue weighted by Gasteiger charge is 2.13. The number of amides is 1. The van der Waals surface area contributed by atoms with Crippen LogP contribution in [0.25, 0.3) is 6.08 Å². The van der Waals surface area contributed by atoms with Crippen LogP contribution in [-0.2, 0) is 4.79 Å². The third-order valence-electron chi connectivity index (χ3n) is 4.67. The van der Waals surface area contributed by atoms with Crippen LogP contribution in [0.1, 0.15) is 15.9 Å². The minimum absolute atomic E-state index is 0.322. The van der Waals surface area contributed by atoms with Gasteiger partial charge in [0.05, 0.1) is 38.3 Å². The van der Waals surface area contributed by atoms with Gasteiger partial charge in [-0.25, -0.2) is 4.98 Å². The molecule has 2 aromatic carbocycles. The van der Waals surface area contributed by atoms with E-state index in [4.69, 9.17) is 19.9 Å². The molecule has 0 aliphatic heterocycles. The van der Waals surface area contributed by atoms with Crippen molar-refractivity contribution in [1.29, 1.82) is 0 Å². The summed E-state index contributed by atoms with van der Waals surface area (Å²) in [6.45, 7) is 0. The molecule has 1 aromatic heterocycles. The highest BCUT2D eigenvalue weighted by Crippen LogP contribution is 2.35. The van der Waals surface area contributed by atoms with E-state index in [2.05, 4.69) is 15.6 Å². The van der Waals surface area contributed by atoms with Crippen LogP contribution in [-0.4, -0.2) is 38.5 Å². The molecule has 3 rings (SSSR count). The number of pyridine rings is 1. The number of rotatable bonds is 9. The highest BCUT2D eigenvalue weighted by atomic mass is 16.5. The number of aldehydes is 1. The molecule has 0 unspecified atom stereocenters. The van der Waals surface area contributed by atoms with Crippen molar-refractivity contribution in [3.63, 3.8) is 0 Å². The van der Waals surface area contributed by atoms with Crippen LogP contribution in [0.2, 0.25) is 0 Å². The maximum atomic E-state index is 12.4. The van der Waals surface area contributed by atoms with Crippen molar-refractivity contribution in [2.45, 2.75) is 0 Å². The molecule has 0 saturated carbocycles. The number of nitrogens with one attached hydrogen (secondary N) is 2. The van der Waals surface area contributed by atoms with Crippen LogP contribution >= 0.6 is 0 Å². The van der Waals surface area contributed by atoms with E-state index in [1.165, 1.54) is 27.4 Å². The summed E-state index contributed by atoms with van der Waals surface area (Å²) in [4.78, 5) is 28.2. The highest BCUT2D eigenvalue weighted by molar-refractivity contribution is 6.04. The molecule has 33 heavy (non-hydrogen) atoms. The standard InChI is InChI=1S/C24H24N4O5/c1-31-18-7-8-19(25)20(13-18)28-22(30)9-6-15-5-4-10-26-24(15)27-17-11-16(14-29)23(33-3)21(12-17)32-2/h4-14H,25H2,1-3H3,(H,26,27)(H,28,30)/b9-6+. The van der Waals surface area contributed by atoms with E-state index >= 15 is 0 Å². The van der Waals surface area contributed by atoms with Crippen LogP contribution in [0.4, 0.5) is 22.9 Å². The lowest BCUT2D eigenvalue weighted by atomic mass is 10.1. The number of benzene rings is 2. The van der Waals surface area contributed by atoms with Crippen LogP contribution in [0.5, 0.6) is 17.2 Å². The molecular weight excluding hydrogens is 424 g/mol. The molecule has 3 aromatic rings. The lowest BCUT2D eigenvalue weighted by molar-refractivity contribution is -0.111. The second-order valence-corrected chi connectivity index (χ2v) is 6.76. The molecule has 9 heteroatoms. The van der Waals surface area contributed by atoms with Crippen molar-refractivity contribution < 1.29 is 23.8 Å². The fraction of sp³-hybridized carbons (Fsp3) is 0.125. The molecule has 0 saturated heterocycles. The van der Waals surface area contributed by atoms with Gasteiger partial charge in [-0.05, 0) is 36.4 Å². The number of carbonyl (C=O) groups excluding carboxylic acids is 2. The summed E-state index contributed by atoms with van der Waals surface area (Å²) in [6, 6.07) is 11.8. The van der Waals surface area contributed by atoms with Crippen molar-refractivity contribution in [2.75, 3.05) is 37.7 Å². The summed E-state index contributed by atoms with van der Waals surface area (Å²) in [5.41, 5.74) is 8.32. The molecule has 170 valence electrons. The third kappa shape index (κ3) is 5.59. The number of anilines is 4. The maximum Gasteiger partial charge on any atom is 0.248 e. The van der Waals surface area contributed by atoms with Crippen molar-refractivity contribution in [2.24, 2.45) is 0 Å². The first-order valence-electron chi connectivity index (χ1n) is 9.84. The van der Waals surface area contributed by atoms with Crippen molar-refractivity contribution >= 4 is 41.1 Å². The zero-order valence-corrected chi connectivity index (χ0v) is 18.4. The number of nitrogens with zero attached hydrogens (tertiary/aromatic N) is 1. The first-order valence-corrected chi connectivity index (χ1v) is 9.84. The Hall–Kier alpha value is -4.53.